The van der Waals surface area contributed by atoms with Gasteiger partial charge in [-0.1, -0.05) is 18.2 Å². The molecule has 5 heterocycles. The maximum Gasteiger partial charge on any atom is 0.340 e. The number of benzene rings is 1. The van der Waals surface area contributed by atoms with Crippen LogP contribution in [0.1, 0.15) is 36.0 Å². The van der Waals surface area contributed by atoms with Gasteiger partial charge in [-0.15, -0.1) is 0 Å². The Balaban J connectivity index is 0.000000369. The fourth-order valence-corrected chi connectivity index (χ4v) is 4.87. The number of ether oxygens (including phenoxy) is 1. The zero-order valence-electron chi connectivity index (χ0n) is 16.1. The van der Waals surface area contributed by atoms with Gasteiger partial charge in [-0.3, -0.25) is 14.2 Å². The Labute approximate surface area is 169 Å². The topological polar surface area (TPSA) is 117 Å². The number of rotatable bonds is 2. The van der Waals surface area contributed by atoms with Crippen LogP contribution in [0.5, 0.6) is 0 Å². The molecule has 1 aromatic carbocycles. The summed E-state index contributed by atoms with van der Waals surface area (Å²) in [5.41, 5.74) is 1.56. The summed E-state index contributed by atoms with van der Waals surface area (Å²) in [6.45, 7) is 0.600. The average Bonchev–Trinajstić information content (AvgIpc) is 3.04. The third-order valence-electron chi connectivity index (χ3n) is 6.00. The average molecular weight is 420 g/mol. The maximum absolute atomic E-state index is 12.6. The van der Waals surface area contributed by atoms with Gasteiger partial charge in [-0.2, -0.15) is 8.42 Å². The minimum atomic E-state index is -3.67. The lowest BCUT2D eigenvalue weighted by molar-refractivity contribution is -0.145. The van der Waals surface area contributed by atoms with Crippen molar-refractivity contribution in [1.82, 2.24) is 9.88 Å². The molecule has 4 aliphatic heterocycles. The summed E-state index contributed by atoms with van der Waals surface area (Å²) < 4.78 is 31.7. The van der Waals surface area contributed by atoms with Crippen LogP contribution in [0, 0.1) is 5.92 Å². The lowest BCUT2D eigenvalue weighted by Gasteiger charge is -2.54. The number of nitrogens with zero attached hydrogens (tertiary/aromatic N) is 1. The summed E-state index contributed by atoms with van der Waals surface area (Å²) >= 11 is 0. The Kier molecular flexibility index (Phi) is 5.22. The van der Waals surface area contributed by atoms with Crippen LogP contribution in [0.25, 0.3) is 10.9 Å². The fraction of sp³-hybridized carbons (Fsp3) is 0.500. The molecule has 0 spiro atoms. The molecule has 4 bridgehead atoms. The molecule has 2 N–H and O–H groups in total. The largest absolute Gasteiger partial charge is 0.459 e. The van der Waals surface area contributed by atoms with Crippen molar-refractivity contribution in [3.05, 3.63) is 36.0 Å². The van der Waals surface area contributed by atoms with Gasteiger partial charge in [0.2, 0.25) is 0 Å². The first kappa shape index (κ1) is 20.1. The molecule has 1 aromatic heterocycles. The molecule has 0 unspecified atom stereocenters. The number of ketones is 1. The Bertz CT molecular complexity index is 1020. The van der Waals surface area contributed by atoms with Crippen LogP contribution in [-0.2, 0) is 19.6 Å². The Morgan fingerprint density at radius 3 is 2.41 bits per heavy atom. The summed E-state index contributed by atoms with van der Waals surface area (Å²) in [5.74, 6) is 0.403. The van der Waals surface area contributed by atoms with Gasteiger partial charge < -0.3 is 9.72 Å². The smallest absolute Gasteiger partial charge is 0.340 e. The number of hydrogen-bond donors (Lipinski definition) is 2. The number of hydrogen-bond acceptors (Lipinski definition) is 6. The highest BCUT2D eigenvalue weighted by Crippen LogP contribution is 2.42. The molecule has 4 fully saturated rings. The fourth-order valence-electron chi connectivity index (χ4n) is 4.87. The number of carbonyl (C=O) groups is 2. The first-order valence-electron chi connectivity index (χ1n) is 9.67. The van der Waals surface area contributed by atoms with E-state index in [-0.39, 0.29) is 18.0 Å². The normalized spacial score (nSPS) is 30.6. The third kappa shape index (κ3) is 4.36. The van der Waals surface area contributed by atoms with Gasteiger partial charge in [-0.05, 0) is 18.9 Å². The number of Topliss-reactive ketones (excluding diaryl/α,β-unsaturated/α-hetero) is 1. The molecular formula is C20H24N2O6S. The van der Waals surface area contributed by atoms with E-state index in [1.165, 1.54) is 0 Å². The van der Waals surface area contributed by atoms with Gasteiger partial charge >= 0.3 is 5.97 Å². The van der Waals surface area contributed by atoms with Crippen molar-refractivity contribution in [3.63, 3.8) is 0 Å². The predicted molar refractivity (Wildman–Crippen MR) is 106 cm³/mol. The van der Waals surface area contributed by atoms with Gasteiger partial charge in [0.15, 0.2) is 0 Å². The summed E-state index contributed by atoms with van der Waals surface area (Å²) in [6.07, 6.45) is 6.01. The van der Waals surface area contributed by atoms with Crippen molar-refractivity contribution in [2.24, 2.45) is 5.92 Å². The Morgan fingerprint density at radius 1 is 1.17 bits per heavy atom. The molecule has 156 valence electrons. The van der Waals surface area contributed by atoms with Crippen LogP contribution < -0.4 is 0 Å². The van der Waals surface area contributed by atoms with Gasteiger partial charge in [0.05, 0.1) is 18.4 Å². The molecule has 8 nitrogen and oxygen atoms in total. The van der Waals surface area contributed by atoms with Crippen LogP contribution in [0.2, 0.25) is 0 Å². The monoisotopic (exact) mass is 420 g/mol. The van der Waals surface area contributed by atoms with Crippen molar-refractivity contribution in [1.29, 1.82) is 0 Å². The Morgan fingerprint density at radius 2 is 1.79 bits per heavy atom. The molecular weight excluding hydrogens is 396 g/mol. The van der Waals surface area contributed by atoms with Gasteiger partial charge in [-0.25, -0.2) is 4.79 Å². The number of para-hydroxylation sites is 1. The second kappa shape index (κ2) is 7.55. The first-order chi connectivity index (χ1) is 13.7. The van der Waals surface area contributed by atoms with E-state index in [4.69, 9.17) is 9.29 Å². The van der Waals surface area contributed by atoms with E-state index >= 15 is 0 Å². The second-order valence-corrected chi connectivity index (χ2v) is 9.56. The van der Waals surface area contributed by atoms with Crippen molar-refractivity contribution in [2.45, 2.75) is 43.9 Å². The summed E-state index contributed by atoms with van der Waals surface area (Å²) in [6, 6.07) is 8.58. The maximum atomic E-state index is 12.6. The minimum Gasteiger partial charge on any atom is -0.459 e. The quantitative estimate of drug-likeness (QED) is 0.564. The number of aromatic amines is 1. The summed E-state index contributed by atoms with van der Waals surface area (Å²) in [4.78, 5) is 30.0. The molecule has 4 saturated heterocycles. The zero-order chi connectivity index (χ0) is 20.8. The first-order valence-corrected chi connectivity index (χ1v) is 11.5. The predicted octanol–water partition coefficient (Wildman–Crippen LogP) is 2.02. The SMILES string of the molecule is CS(=O)(=O)O.O=C(OC1C[C@@H]2CC3C[C@@H](C1)N2CC3=O)c1c[nH]c2ccccc12. The van der Waals surface area contributed by atoms with E-state index in [2.05, 4.69) is 9.88 Å². The van der Waals surface area contributed by atoms with Crippen LogP contribution in [0.3, 0.4) is 0 Å². The van der Waals surface area contributed by atoms with Gasteiger partial charge in [0.1, 0.15) is 11.9 Å². The van der Waals surface area contributed by atoms with Crippen molar-refractivity contribution in [3.8, 4) is 0 Å². The molecule has 2 atom stereocenters. The van der Waals surface area contributed by atoms with E-state index in [9.17, 15) is 18.0 Å². The highest BCUT2D eigenvalue weighted by Gasteiger charge is 2.49. The summed E-state index contributed by atoms with van der Waals surface area (Å²) in [7, 11) is -3.67. The van der Waals surface area contributed by atoms with Crippen molar-refractivity contribution in [2.75, 3.05) is 12.8 Å². The van der Waals surface area contributed by atoms with Gasteiger partial charge in [0.25, 0.3) is 10.1 Å². The molecule has 6 rings (SSSR count). The summed E-state index contributed by atoms with van der Waals surface area (Å²) in [5, 5.41) is 0.909. The molecule has 0 aliphatic carbocycles. The number of fused-ring (bicyclic) bond motifs is 2. The van der Waals surface area contributed by atoms with Crippen LogP contribution >= 0.6 is 0 Å². The standard InChI is InChI=1S/C19H20N2O3.CH4O3S/c22-18-10-21-12-5-11(18)6-13(21)8-14(7-12)24-19(23)16-9-20-17-4-2-1-3-15(16)17;1-5(2,3)4/h1-4,9,11-14,20H,5-8,10H2;1H3,(H,2,3,4)/t11?,12-,13-,14?;/m0./s1. The molecule has 0 radical (unpaired) electrons. The van der Waals surface area contributed by atoms with E-state index in [0.29, 0.717) is 36.2 Å². The lowest BCUT2D eigenvalue weighted by atomic mass is 9.72. The number of carbonyl (C=O) groups excluding carboxylic acids is 2. The molecule has 2 aromatic rings. The van der Waals surface area contributed by atoms with E-state index in [1.54, 1.807) is 6.20 Å². The molecule has 0 saturated carbocycles. The number of piperidine rings is 4. The van der Waals surface area contributed by atoms with Crippen molar-refractivity contribution >= 4 is 32.8 Å². The highest BCUT2D eigenvalue weighted by atomic mass is 32.2. The van der Waals surface area contributed by atoms with Crippen LogP contribution in [0.15, 0.2) is 30.5 Å². The minimum absolute atomic E-state index is 0.0356. The van der Waals surface area contributed by atoms with E-state index in [0.717, 1.165) is 36.6 Å². The van der Waals surface area contributed by atoms with Gasteiger partial charge in [0, 0.05) is 47.9 Å². The third-order valence-corrected chi connectivity index (χ3v) is 6.00. The van der Waals surface area contributed by atoms with Crippen molar-refractivity contribution < 1.29 is 27.3 Å². The van der Waals surface area contributed by atoms with Crippen LogP contribution in [0.4, 0.5) is 0 Å². The molecule has 29 heavy (non-hydrogen) atoms. The molecule has 9 heteroatoms. The highest BCUT2D eigenvalue weighted by molar-refractivity contribution is 7.85. The van der Waals surface area contributed by atoms with E-state index in [1.807, 2.05) is 24.3 Å². The number of esters is 1. The Hall–Kier alpha value is -2.23. The second-order valence-electron chi connectivity index (χ2n) is 8.09. The number of H-pyrrole nitrogens is 1. The lowest BCUT2D eigenvalue weighted by Crippen LogP contribution is -2.63. The van der Waals surface area contributed by atoms with E-state index < -0.39 is 10.1 Å². The number of nitrogens with one attached hydrogen (secondary N) is 1. The molecule has 0 amide bonds. The molecule has 4 aliphatic rings. The zero-order valence-corrected chi connectivity index (χ0v) is 16.9. The number of aromatic nitrogens is 1. The van der Waals surface area contributed by atoms with Crippen LogP contribution in [-0.4, -0.2) is 65.6 Å².